The highest BCUT2D eigenvalue weighted by Crippen LogP contribution is 2.42. The molecule has 0 radical (unpaired) electrons. The van der Waals surface area contributed by atoms with E-state index in [1.54, 1.807) is 0 Å². The van der Waals surface area contributed by atoms with Crippen LogP contribution in [0.15, 0.2) is 182 Å². The zero-order valence-electron chi connectivity index (χ0n) is 40.5. The normalized spacial score (nSPS) is 17.9. The maximum absolute atomic E-state index is 11.6. The fraction of sp³-hybridized carbons (Fsp3) is 0.258. The second-order valence-electron chi connectivity index (χ2n) is 18.5. The molecule has 2 N–H and O–H groups in total. The lowest BCUT2D eigenvalue weighted by Gasteiger charge is -2.33. The van der Waals surface area contributed by atoms with Crippen molar-refractivity contribution in [3.63, 3.8) is 0 Å². The van der Waals surface area contributed by atoms with Gasteiger partial charge in [0.25, 0.3) is 0 Å². The number of carbonyl (C=O) groups excluding carboxylic acids is 2. The third-order valence-corrected chi connectivity index (χ3v) is 14.0. The van der Waals surface area contributed by atoms with Gasteiger partial charge in [0.15, 0.2) is 0 Å². The van der Waals surface area contributed by atoms with Crippen LogP contribution in [-0.2, 0) is 31.9 Å². The molecule has 6 atom stereocenters. The van der Waals surface area contributed by atoms with Crippen LogP contribution in [0.5, 0.6) is 11.5 Å². The minimum atomic E-state index is -0.222. The van der Waals surface area contributed by atoms with E-state index in [2.05, 4.69) is 170 Å². The number of fused-ring (bicyclic) bond motifs is 4. The Morgan fingerprint density at radius 1 is 0.486 bits per heavy atom. The van der Waals surface area contributed by atoms with Gasteiger partial charge in [-0.25, -0.2) is 0 Å². The van der Waals surface area contributed by atoms with Crippen molar-refractivity contribution in [1.29, 1.82) is 0 Å². The van der Waals surface area contributed by atoms with Crippen LogP contribution in [0.25, 0.3) is 21.5 Å². The molecule has 8 nitrogen and oxygen atoms in total. The molecule has 0 amide bonds. The first kappa shape index (κ1) is 47.8. The van der Waals surface area contributed by atoms with Gasteiger partial charge >= 0.3 is 11.9 Å². The first-order chi connectivity index (χ1) is 34.2. The van der Waals surface area contributed by atoms with E-state index in [0.717, 1.165) is 48.6 Å². The fourth-order valence-corrected chi connectivity index (χ4v) is 10.2. The van der Waals surface area contributed by atoms with Gasteiger partial charge in [-0.05, 0) is 93.7 Å². The van der Waals surface area contributed by atoms with Crippen LogP contribution in [0.4, 0.5) is 0 Å². The summed E-state index contributed by atoms with van der Waals surface area (Å²) in [7, 11) is 2.84. The molecule has 0 bridgehead atoms. The number of nitrogens with one attached hydrogen (secondary N) is 2. The van der Waals surface area contributed by atoms with Crippen molar-refractivity contribution in [3.8, 4) is 11.5 Å². The molecule has 2 aliphatic heterocycles. The van der Waals surface area contributed by atoms with Gasteiger partial charge in [0.1, 0.15) is 23.7 Å². The van der Waals surface area contributed by atoms with Gasteiger partial charge < -0.3 is 29.6 Å². The van der Waals surface area contributed by atoms with Crippen molar-refractivity contribution in [2.45, 2.75) is 75.7 Å². The molecule has 8 aromatic carbocycles. The summed E-state index contributed by atoms with van der Waals surface area (Å²) in [5.41, 5.74) is 9.43. The highest BCUT2D eigenvalue weighted by Gasteiger charge is 2.31. The van der Waals surface area contributed by atoms with Gasteiger partial charge in [-0.1, -0.05) is 170 Å². The SMILES string of the molecule is COC(=O)Cc1ccc([C@@H]2C[C@H](CN[C@H](C)c3cccc4ccccc34)Oc3ccccc32)cc1.COC(=O)Cc1ccc([C@H]2C[C@H](CN[C@H](C)c3cccc4ccccc34)Oc3ccccc32)cc1. The molecule has 0 aliphatic carbocycles. The van der Waals surface area contributed by atoms with Crippen LogP contribution < -0.4 is 20.1 Å². The number of ether oxygens (including phenoxy) is 4. The molecule has 2 heterocycles. The number of esters is 2. The van der Waals surface area contributed by atoms with Crippen molar-refractivity contribution >= 4 is 33.5 Å². The molecular weight excluding hydrogens is 869 g/mol. The van der Waals surface area contributed by atoms with E-state index in [9.17, 15) is 9.59 Å². The Balaban J connectivity index is 0.000000174. The fourth-order valence-electron chi connectivity index (χ4n) is 10.2. The van der Waals surface area contributed by atoms with Crippen LogP contribution in [0.1, 0.15) is 95.1 Å². The van der Waals surface area contributed by atoms with Gasteiger partial charge in [-0.15, -0.1) is 0 Å². The van der Waals surface area contributed by atoms with Gasteiger partial charge in [-0.2, -0.15) is 0 Å². The summed E-state index contributed by atoms with van der Waals surface area (Å²) in [6.45, 7) is 5.96. The minimum absolute atomic E-state index is 0.0575. The molecule has 0 spiro atoms. The topological polar surface area (TPSA) is 95.1 Å². The average Bonchev–Trinajstić information content (AvgIpc) is 3.41. The van der Waals surface area contributed by atoms with E-state index in [1.807, 2.05) is 36.4 Å². The van der Waals surface area contributed by atoms with E-state index in [1.165, 1.54) is 69.1 Å². The zero-order chi connectivity index (χ0) is 48.4. The molecule has 2 aliphatic rings. The highest BCUT2D eigenvalue weighted by molar-refractivity contribution is 5.87. The molecule has 10 rings (SSSR count). The quantitative estimate of drug-likeness (QED) is 0.104. The number of para-hydroxylation sites is 2. The van der Waals surface area contributed by atoms with Gasteiger partial charge in [0.05, 0.1) is 27.1 Å². The van der Waals surface area contributed by atoms with Crippen LogP contribution >= 0.6 is 0 Å². The molecule has 0 saturated heterocycles. The lowest BCUT2D eigenvalue weighted by molar-refractivity contribution is -0.140. The molecule has 0 unspecified atom stereocenters. The third-order valence-electron chi connectivity index (χ3n) is 14.0. The minimum Gasteiger partial charge on any atom is -0.489 e. The van der Waals surface area contributed by atoms with Crippen LogP contribution in [-0.4, -0.2) is 51.5 Å². The summed E-state index contributed by atoms with van der Waals surface area (Å²) >= 11 is 0. The molecule has 8 heteroatoms. The number of rotatable bonds is 14. The third kappa shape index (κ3) is 11.3. The molecular formula is C62H62N2O6. The summed E-state index contributed by atoms with van der Waals surface area (Å²) in [6.07, 6.45) is 2.48. The van der Waals surface area contributed by atoms with Crippen molar-refractivity contribution < 1.29 is 28.5 Å². The lowest BCUT2D eigenvalue weighted by Crippen LogP contribution is -2.37. The highest BCUT2D eigenvalue weighted by atomic mass is 16.5. The van der Waals surface area contributed by atoms with Gasteiger partial charge in [0.2, 0.25) is 0 Å². The predicted octanol–water partition coefficient (Wildman–Crippen LogP) is 12.4. The van der Waals surface area contributed by atoms with Crippen LogP contribution in [0.2, 0.25) is 0 Å². The van der Waals surface area contributed by atoms with E-state index < -0.39 is 0 Å². The molecule has 0 fully saturated rings. The number of methoxy groups -OCH3 is 2. The van der Waals surface area contributed by atoms with E-state index in [4.69, 9.17) is 18.9 Å². The van der Waals surface area contributed by atoms with Gasteiger partial charge in [-0.3, -0.25) is 9.59 Å². The molecule has 8 aromatic rings. The summed E-state index contributed by atoms with van der Waals surface area (Å²) in [4.78, 5) is 23.3. The van der Waals surface area contributed by atoms with Crippen molar-refractivity contribution in [2.75, 3.05) is 27.3 Å². The van der Waals surface area contributed by atoms with Crippen molar-refractivity contribution in [1.82, 2.24) is 10.6 Å². The second kappa shape index (κ2) is 22.4. The Hall–Kier alpha value is -7.26. The Labute approximate surface area is 412 Å². The lowest BCUT2D eigenvalue weighted by atomic mass is 9.83. The number of benzene rings is 8. The second-order valence-corrected chi connectivity index (χ2v) is 18.5. The van der Waals surface area contributed by atoms with Crippen LogP contribution in [0, 0.1) is 0 Å². The average molecular weight is 931 g/mol. The van der Waals surface area contributed by atoms with Crippen molar-refractivity contribution in [2.24, 2.45) is 0 Å². The molecule has 0 saturated carbocycles. The maximum atomic E-state index is 11.6. The van der Waals surface area contributed by atoms with E-state index >= 15 is 0 Å². The Bertz CT molecular complexity index is 2820. The first-order valence-corrected chi connectivity index (χ1v) is 24.5. The molecule has 0 aromatic heterocycles. The summed E-state index contributed by atoms with van der Waals surface area (Å²) < 4.78 is 22.5. The maximum Gasteiger partial charge on any atom is 0.309 e. The van der Waals surface area contributed by atoms with Crippen LogP contribution in [0.3, 0.4) is 0 Å². The first-order valence-electron chi connectivity index (χ1n) is 24.5. The Kier molecular flexibility index (Phi) is 15.3. The summed E-state index contributed by atoms with van der Waals surface area (Å²) in [5.74, 6) is 1.94. The zero-order valence-corrected chi connectivity index (χ0v) is 40.5. The number of hydrogen-bond donors (Lipinski definition) is 2. The summed E-state index contributed by atoms with van der Waals surface area (Å²) in [5, 5.41) is 12.5. The van der Waals surface area contributed by atoms with Crippen molar-refractivity contribution in [3.05, 3.63) is 226 Å². The Morgan fingerprint density at radius 2 is 0.857 bits per heavy atom. The Morgan fingerprint density at radius 3 is 1.27 bits per heavy atom. The largest absolute Gasteiger partial charge is 0.489 e. The standard InChI is InChI=1S/2C31H31NO3/c2*1-21(26-12-7-9-23-8-3-4-10-27(23)26)32-20-25-19-29(28-11-5-6-13-30(28)35-25)24-16-14-22(15-17-24)18-31(33)34-2/h2*3-17,21,25,29,32H,18-20H2,1-2H3/t21-,25-,29+;21-,25-,29-/m11/s1. The smallest absolute Gasteiger partial charge is 0.309 e. The monoisotopic (exact) mass is 930 g/mol. The predicted molar refractivity (Wildman–Crippen MR) is 280 cm³/mol. The summed E-state index contributed by atoms with van der Waals surface area (Å²) in [6, 6.07) is 63.8. The van der Waals surface area contributed by atoms with E-state index in [-0.39, 0.29) is 48.1 Å². The molecule has 70 heavy (non-hydrogen) atoms. The number of hydrogen-bond acceptors (Lipinski definition) is 8. The van der Waals surface area contributed by atoms with E-state index in [0.29, 0.717) is 12.8 Å². The van der Waals surface area contributed by atoms with Gasteiger partial charge in [0, 0.05) is 48.1 Å². The molecule has 356 valence electrons. The number of carbonyl (C=O) groups is 2.